The van der Waals surface area contributed by atoms with Crippen molar-refractivity contribution in [1.82, 2.24) is 14.5 Å². The molecule has 2 aromatic rings. The molecule has 1 amide bonds. The van der Waals surface area contributed by atoms with E-state index in [1.807, 2.05) is 44.6 Å². The van der Waals surface area contributed by atoms with Gasteiger partial charge in [-0.15, -0.1) is 0 Å². The topological polar surface area (TPSA) is 46.9 Å². The number of aromatic nitrogens is 2. The number of carbonyl (C=O) groups excluding carboxylic acids is 1. The van der Waals surface area contributed by atoms with Gasteiger partial charge in [-0.3, -0.25) is 14.2 Å². The maximum atomic E-state index is 14.0. The number of amides is 1. The standard InChI is InChI=1S/C20H28FN3OS/c1-12(2)16-9-15(21)10-17(13(3)4)18(16)11-19(25)23-26-20-7-8-24(22-20)14(5)6/h7-10,12-14H,11H2,1-6H3,(H,23,25). The van der Waals surface area contributed by atoms with E-state index in [1.54, 1.807) is 12.1 Å². The third-order valence-electron chi connectivity index (χ3n) is 4.25. The maximum Gasteiger partial charge on any atom is 0.234 e. The molecular formula is C20H28FN3OS. The van der Waals surface area contributed by atoms with Gasteiger partial charge in [-0.25, -0.2) is 4.39 Å². The molecule has 0 saturated heterocycles. The fourth-order valence-corrected chi connectivity index (χ4v) is 3.44. The predicted octanol–water partition coefficient (Wildman–Crippen LogP) is 5.22. The van der Waals surface area contributed by atoms with Crippen LogP contribution in [0.5, 0.6) is 0 Å². The second-order valence-electron chi connectivity index (χ2n) is 7.40. The molecule has 6 heteroatoms. The lowest BCUT2D eigenvalue weighted by atomic mass is 9.87. The van der Waals surface area contributed by atoms with Crippen LogP contribution in [0.2, 0.25) is 0 Å². The Hall–Kier alpha value is -1.82. The predicted molar refractivity (Wildman–Crippen MR) is 105 cm³/mol. The lowest BCUT2D eigenvalue weighted by molar-refractivity contribution is -0.118. The summed E-state index contributed by atoms with van der Waals surface area (Å²) in [5.41, 5.74) is 2.73. The van der Waals surface area contributed by atoms with Gasteiger partial charge in [0.25, 0.3) is 0 Å². The molecule has 0 spiro atoms. The van der Waals surface area contributed by atoms with Crippen LogP contribution in [-0.4, -0.2) is 15.7 Å². The van der Waals surface area contributed by atoms with Gasteiger partial charge in [-0.1, -0.05) is 27.7 Å². The van der Waals surface area contributed by atoms with Crippen molar-refractivity contribution < 1.29 is 9.18 Å². The minimum atomic E-state index is -0.241. The van der Waals surface area contributed by atoms with Gasteiger partial charge in [0.1, 0.15) is 10.8 Å². The van der Waals surface area contributed by atoms with Crippen LogP contribution in [0.4, 0.5) is 4.39 Å². The van der Waals surface area contributed by atoms with Crippen LogP contribution in [-0.2, 0) is 11.2 Å². The van der Waals surface area contributed by atoms with E-state index in [1.165, 1.54) is 11.9 Å². The molecule has 0 aliphatic heterocycles. The zero-order valence-electron chi connectivity index (χ0n) is 16.3. The molecule has 0 aliphatic rings. The maximum absolute atomic E-state index is 14.0. The molecule has 4 nitrogen and oxygen atoms in total. The Bertz CT molecular complexity index is 739. The largest absolute Gasteiger partial charge is 0.294 e. The van der Waals surface area contributed by atoms with Crippen LogP contribution in [0, 0.1) is 5.82 Å². The van der Waals surface area contributed by atoms with Crippen LogP contribution in [0.3, 0.4) is 0 Å². The molecule has 0 saturated carbocycles. The normalized spacial score (nSPS) is 11.6. The van der Waals surface area contributed by atoms with E-state index in [0.717, 1.165) is 21.7 Å². The molecule has 0 unspecified atom stereocenters. The lowest BCUT2D eigenvalue weighted by Gasteiger charge is -2.19. The van der Waals surface area contributed by atoms with E-state index in [2.05, 4.69) is 23.7 Å². The van der Waals surface area contributed by atoms with Gasteiger partial charge in [-0.2, -0.15) is 5.10 Å². The fourth-order valence-electron chi connectivity index (χ4n) is 2.88. The molecule has 0 bridgehead atoms. The molecule has 2 rings (SSSR count). The highest BCUT2D eigenvalue weighted by Crippen LogP contribution is 2.29. The van der Waals surface area contributed by atoms with Crippen LogP contribution in [0.15, 0.2) is 29.4 Å². The summed E-state index contributed by atoms with van der Waals surface area (Å²) >= 11 is 1.21. The molecular weight excluding hydrogens is 349 g/mol. The number of nitrogens with zero attached hydrogens (tertiary/aromatic N) is 2. The highest BCUT2D eigenvalue weighted by atomic mass is 32.2. The van der Waals surface area contributed by atoms with Crippen molar-refractivity contribution >= 4 is 17.9 Å². The Labute approximate surface area is 159 Å². The van der Waals surface area contributed by atoms with E-state index < -0.39 is 0 Å². The molecule has 1 aromatic heterocycles. The SMILES string of the molecule is CC(C)c1cc(F)cc(C(C)C)c1CC(=O)NSc1ccn(C(C)C)n1. The summed E-state index contributed by atoms with van der Waals surface area (Å²) in [6.07, 6.45) is 2.13. The molecule has 26 heavy (non-hydrogen) atoms. The van der Waals surface area contributed by atoms with E-state index in [0.29, 0.717) is 0 Å². The highest BCUT2D eigenvalue weighted by Gasteiger charge is 2.19. The second-order valence-corrected chi connectivity index (χ2v) is 8.23. The summed E-state index contributed by atoms with van der Waals surface area (Å²) in [6.45, 7) is 12.2. The number of carbonyl (C=O) groups is 1. The van der Waals surface area contributed by atoms with Gasteiger partial charge in [0.2, 0.25) is 5.91 Å². The Balaban J connectivity index is 2.14. The van der Waals surface area contributed by atoms with Gasteiger partial charge in [0.15, 0.2) is 0 Å². The number of rotatable bonds is 7. The molecule has 1 heterocycles. The summed E-state index contributed by atoms with van der Waals surface area (Å²) in [7, 11) is 0. The first kappa shape index (κ1) is 20.5. The Morgan fingerprint density at radius 2 is 1.73 bits per heavy atom. The van der Waals surface area contributed by atoms with Gasteiger partial charge in [-0.05, 0) is 60.6 Å². The van der Waals surface area contributed by atoms with Crippen molar-refractivity contribution in [3.63, 3.8) is 0 Å². The summed E-state index contributed by atoms with van der Waals surface area (Å²) < 4.78 is 18.7. The minimum Gasteiger partial charge on any atom is -0.294 e. The van der Waals surface area contributed by atoms with Crippen LogP contribution in [0.1, 0.15) is 76.1 Å². The molecule has 0 aliphatic carbocycles. The van der Waals surface area contributed by atoms with Gasteiger partial charge < -0.3 is 0 Å². The van der Waals surface area contributed by atoms with E-state index in [4.69, 9.17) is 0 Å². The minimum absolute atomic E-state index is 0.107. The quantitative estimate of drug-likeness (QED) is 0.673. The molecule has 0 atom stereocenters. The van der Waals surface area contributed by atoms with Crippen molar-refractivity contribution in [3.05, 3.63) is 46.9 Å². The van der Waals surface area contributed by atoms with Crippen molar-refractivity contribution in [2.75, 3.05) is 0 Å². The average molecular weight is 378 g/mol. The van der Waals surface area contributed by atoms with E-state index in [9.17, 15) is 9.18 Å². The summed E-state index contributed by atoms with van der Waals surface area (Å²) in [5, 5.41) is 5.16. The average Bonchev–Trinajstić information content (AvgIpc) is 3.03. The summed E-state index contributed by atoms with van der Waals surface area (Å²) in [5.74, 6) is -0.0412. The molecule has 1 N–H and O–H groups in total. The second kappa shape index (κ2) is 8.71. The first-order valence-corrected chi connectivity index (χ1v) is 9.83. The summed E-state index contributed by atoms with van der Waals surface area (Å²) in [6, 6.07) is 5.26. The van der Waals surface area contributed by atoms with Crippen molar-refractivity contribution in [3.8, 4) is 0 Å². The fraction of sp³-hybridized carbons (Fsp3) is 0.500. The van der Waals surface area contributed by atoms with Crippen LogP contribution < -0.4 is 4.72 Å². The van der Waals surface area contributed by atoms with Crippen molar-refractivity contribution in [2.45, 2.75) is 70.9 Å². The molecule has 142 valence electrons. The smallest absolute Gasteiger partial charge is 0.234 e. The van der Waals surface area contributed by atoms with Gasteiger partial charge >= 0.3 is 0 Å². The number of benzene rings is 1. The van der Waals surface area contributed by atoms with Gasteiger partial charge in [0.05, 0.1) is 6.42 Å². The first-order chi connectivity index (χ1) is 12.2. The Morgan fingerprint density at radius 3 is 2.19 bits per heavy atom. The lowest BCUT2D eigenvalue weighted by Crippen LogP contribution is -2.20. The zero-order chi connectivity index (χ0) is 19.4. The highest BCUT2D eigenvalue weighted by molar-refractivity contribution is 7.97. The number of hydrogen-bond acceptors (Lipinski definition) is 3. The molecule has 0 fully saturated rings. The molecule has 1 aromatic carbocycles. The van der Waals surface area contributed by atoms with Crippen LogP contribution >= 0.6 is 11.9 Å². The first-order valence-electron chi connectivity index (χ1n) is 9.02. The van der Waals surface area contributed by atoms with Gasteiger partial charge in [0, 0.05) is 24.2 Å². The number of nitrogens with one attached hydrogen (secondary N) is 1. The molecule has 0 radical (unpaired) electrons. The van der Waals surface area contributed by atoms with Crippen molar-refractivity contribution in [2.24, 2.45) is 0 Å². The summed E-state index contributed by atoms with van der Waals surface area (Å²) in [4.78, 5) is 12.5. The van der Waals surface area contributed by atoms with E-state index >= 15 is 0 Å². The van der Waals surface area contributed by atoms with E-state index in [-0.39, 0.29) is 36.0 Å². The number of hydrogen-bond donors (Lipinski definition) is 1. The third-order valence-corrected chi connectivity index (χ3v) is 5.00. The monoisotopic (exact) mass is 377 g/mol. The third kappa shape index (κ3) is 5.10. The van der Waals surface area contributed by atoms with Crippen molar-refractivity contribution in [1.29, 1.82) is 0 Å². The van der Waals surface area contributed by atoms with Crippen LogP contribution in [0.25, 0.3) is 0 Å². The zero-order valence-corrected chi connectivity index (χ0v) is 17.2. The Kier molecular flexibility index (Phi) is 6.87. The number of halogens is 1. The Morgan fingerprint density at radius 1 is 1.15 bits per heavy atom.